The third-order valence-electron chi connectivity index (χ3n) is 16.2. The van der Waals surface area contributed by atoms with Crippen LogP contribution in [0.2, 0.25) is 10.0 Å². The zero-order valence-electron chi connectivity index (χ0n) is 45.0. The molecule has 73 heavy (non-hydrogen) atoms. The van der Waals surface area contributed by atoms with E-state index in [1.807, 2.05) is 39.8 Å². The Hall–Kier alpha value is -2.54. The largest absolute Gasteiger partial charge is 0.459 e. The van der Waals surface area contributed by atoms with E-state index in [4.69, 9.17) is 56.4 Å². The number of amides is 1. The Morgan fingerprint density at radius 1 is 0.918 bits per heavy atom. The fourth-order valence-electron chi connectivity index (χ4n) is 11.6. The summed E-state index contributed by atoms with van der Waals surface area (Å²) in [5.74, 6) is -2.83. The van der Waals surface area contributed by atoms with Crippen LogP contribution in [0.5, 0.6) is 0 Å². The standard InChI is InChI=1S/C51H84Cl2N6O14/c1-14-39-51(10,66)43(61)31(6)57(12)23-27(2)21-49(8,65)45(29(4)42(30(5)46(63)71-39)72-40-22-50(9,67-13)44(62)32(7)69-40)73-47-41(60)38(19-28(3)68-47)56(11)18-17-33-24-58(55-54-33)25-35-26-59(48(64)70-35)34-15-16-36(52)37(53)20-34/h15-16,20,27-33,35,38-45,47,60-62,65-66H,14,17-19,21-26H2,1-13H3/t27-,28-,29+,30-,31-,32+,33?,35+,38+,39-,40+,41-,42+,43-,44+,45-,47+,49-,50-,51-/m1/s1. The van der Waals surface area contributed by atoms with Crippen LogP contribution in [0.3, 0.4) is 0 Å². The molecule has 416 valence electrons. The number of esters is 1. The highest BCUT2D eigenvalue weighted by Crippen LogP contribution is 2.41. The first-order valence-corrected chi connectivity index (χ1v) is 26.7. The number of carbonyl (C=O) groups excluding carboxylic acids is 2. The number of aliphatic hydroxyl groups is 5. The monoisotopic (exact) mass is 1070 g/mol. The quantitative estimate of drug-likeness (QED) is 0.163. The van der Waals surface area contributed by atoms with Crippen molar-refractivity contribution in [2.24, 2.45) is 28.1 Å². The molecular weight excluding hydrogens is 991 g/mol. The molecule has 22 heteroatoms. The fourth-order valence-corrected chi connectivity index (χ4v) is 11.9. The van der Waals surface area contributed by atoms with E-state index in [1.54, 1.807) is 64.8 Å². The van der Waals surface area contributed by atoms with Crippen LogP contribution in [-0.4, -0.2) is 209 Å². The molecule has 0 saturated carbocycles. The van der Waals surface area contributed by atoms with Crippen molar-refractivity contribution < 1.29 is 68.3 Å². The number of rotatable bonds is 13. The minimum atomic E-state index is -1.85. The van der Waals surface area contributed by atoms with Gasteiger partial charge in [0.2, 0.25) is 0 Å². The highest BCUT2D eigenvalue weighted by molar-refractivity contribution is 6.42. The number of hydrogen-bond acceptors (Lipinski definition) is 19. The van der Waals surface area contributed by atoms with Crippen molar-refractivity contribution >= 4 is 41.0 Å². The molecule has 4 saturated heterocycles. The summed E-state index contributed by atoms with van der Waals surface area (Å²) in [6, 6.07) is 3.80. The molecule has 1 amide bonds. The Balaban J connectivity index is 1.20. The number of likely N-dealkylation sites (N-methyl/N-ethyl adjacent to an activating group) is 2. The normalized spacial score (nSPS) is 42.7. The highest BCUT2D eigenvalue weighted by Gasteiger charge is 2.53. The number of nitrogens with zero attached hydrogens (tertiary/aromatic N) is 6. The van der Waals surface area contributed by atoms with Crippen molar-refractivity contribution in [2.45, 2.75) is 204 Å². The molecule has 4 fully saturated rings. The predicted octanol–water partition coefficient (Wildman–Crippen LogP) is 5.04. The van der Waals surface area contributed by atoms with Gasteiger partial charge in [0.15, 0.2) is 12.6 Å². The molecule has 0 radical (unpaired) electrons. The number of benzene rings is 1. The lowest BCUT2D eigenvalue weighted by atomic mass is 9.77. The molecule has 5 N–H and O–H groups in total. The lowest BCUT2D eigenvalue weighted by molar-refractivity contribution is -0.318. The van der Waals surface area contributed by atoms with Crippen LogP contribution in [-0.2, 0) is 38.0 Å². The van der Waals surface area contributed by atoms with Crippen molar-refractivity contribution in [1.82, 2.24) is 14.8 Å². The minimum Gasteiger partial charge on any atom is -0.459 e. The van der Waals surface area contributed by atoms with Crippen LogP contribution >= 0.6 is 23.2 Å². The van der Waals surface area contributed by atoms with Gasteiger partial charge in [0.1, 0.15) is 36.1 Å². The summed E-state index contributed by atoms with van der Waals surface area (Å²) >= 11 is 12.3. The van der Waals surface area contributed by atoms with E-state index >= 15 is 0 Å². The maximum absolute atomic E-state index is 14.5. The number of aliphatic hydroxyl groups excluding tert-OH is 3. The van der Waals surface area contributed by atoms with Crippen molar-refractivity contribution in [3.8, 4) is 0 Å². The lowest BCUT2D eigenvalue weighted by Crippen LogP contribution is -2.61. The maximum atomic E-state index is 14.5. The van der Waals surface area contributed by atoms with Gasteiger partial charge in [-0.25, -0.2) is 4.79 Å². The summed E-state index contributed by atoms with van der Waals surface area (Å²) in [6.45, 7) is 19.6. The van der Waals surface area contributed by atoms with Gasteiger partial charge in [-0.15, -0.1) is 0 Å². The van der Waals surface area contributed by atoms with Gasteiger partial charge in [0, 0.05) is 50.3 Å². The zero-order chi connectivity index (χ0) is 54.1. The Labute approximate surface area is 441 Å². The average molecular weight is 1080 g/mol. The van der Waals surface area contributed by atoms with Gasteiger partial charge in [-0.1, -0.05) is 49.2 Å². The van der Waals surface area contributed by atoms with Crippen molar-refractivity contribution in [3.05, 3.63) is 28.2 Å². The topological polar surface area (TPSA) is 238 Å². The molecule has 1 aromatic rings. The Morgan fingerprint density at radius 3 is 2.27 bits per heavy atom. The van der Waals surface area contributed by atoms with Gasteiger partial charge >= 0.3 is 12.1 Å². The predicted molar refractivity (Wildman–Crippen MR) is 272 cm³/mol. The molecule has 1 aromatic carbocycles. The van der Waals surface area contributed by atoms with Gasteiger partial charge in [0.05, 0.1) is 77.3 Å². The van der Waals surface area contributed by atoms with E-state index in [0.29, 0.717) is 61.3 Å². The molecule has 0 aliphatic carbocycles. The summed E-state index contributed by atoms with van der Waals surface area (Å²) in [5, 5.41) is 71.2. The van der Waals surface area contributed by atoms with Crippen LogP contribution in [0, 0.1) is 17.8 Å². The minimum absolute atomic E-state index is 0.0910. The molecule has 0 bridgehead atoms. The third kappa shape index (κ3) is 13.8. The second-order valence-electron chi connectivity index (χ2n) is 22.4. The Bertz CT molecular complexity index is 2050. The van der Waals surface area contributed by atoms with Crippen LogP contribution in [0.25, 0.3) is 0 Å². The number of methoxy groups -OCH3 is 1. The molecular formula is C51H84Cl2N6O14. The first-order valence-electron chi connectivity index (χ1n) is 26.0. The van der Waals surface area contributed by atoms with Gasteiger partial charge in [-0.2, -0.15) is 5.11 Å². The summed E-state index contributed by atoms with van der Waals surface area (Å²) in [6.07, 6.45) is -9.56. The molecule has 1 unspecified atom stereocenters. The number of anilines is 1. The molecule has 6 rings (SSSR count). The Morgan fingerprint density at radius 2 is 1.62 bits per heavy atom. The second-order valence-corrected chi connectivity index (χ2v) is 23.2. The number of hydrogen-bond donors (Lipinski definition) is 5. The van der Waals surface area contributed by atoms with Crippen LogP contribution in [0.1, 0.15) is 101 Å². The van der Waals surface area contributed by atoms with E-state index in [2.05, 4.69) is 15.2 Å². The summed E-state index contributed by atoms with van der Waals surface area (Å²) in [7, 11) is 5.26. The highest BCUT2D eigenvalue weighted by atomic mass is 35.5. The SMILES string of the molecule is CC[C@H]1OC(=O)[C@H](C)[C@@H](O[C@H]2C[C@@](C)(OC)[C@@H](O)[C@H](C)O2)[C@H](C)[C@@H](O[C@@H]2O[C@H](C)C[C@H](N(C)CCC3CN(C[C@H]4CN(c5ccc(Cl)c(Cl)c5)C(=O)O4)N=N3)[C@H]2O)[C@](C)(O)C[C@@H](C)CN(C)[C@H](C)[C@@H](O)[C@]1(C)O. The molecule has 20 atom stereocenters. The van der Waals surface area contributed by atoms with Crippen LogP contribution < -0.4 is 4.90 Å². The third-order valence-corrected chi connectivity index (χ3v) is 16.9. The van der Waals surface area contributed by atoms with Crippen molar-refractivity contribution in [3.63, 3.8) is 0 Å². The van der Waals surface area contributed by atoms with E-state index < -0.39 is 114 Å². The number of carbonyl (C=O) groups is 2. The maximum Gasteiger partial charge on any atom is 0.414 e. The van der Waals surface area contributed by atoms with Gasteiger partial charge in [0.25, 0.3) is 0 Å². The number of ether oxygens (including phenoxy) is 7. The molecule has 5 aliphatic heterocycles. The summed E-state index contributed by atoms with van der Waals surface area (Å²) in [5.41, 5.74) is -3.98. The average Bonchev–Trinajstić information content (AvgIpc) is 3.94. The van der Waals surface area contributed by atoms with E-state index in [0.717, 1.165) is 0 Å². The van der Waals surface area contributed by atoms with Gasteiger partial charge in [-0.3, -0.25) is 14.7 Å². The van der Waals surface area contributed by atoms with E-state index in [-0.39, 0.29) is 37.3 Å². The smallest absolute Gasteiger partial charge is 0.414 e. The fraction of sp³-hybridized carbons (Fsp3) is 0.843. The molecule has 5 aliphatic rings. The lowest BCUT2D eigenvalue weighted by Gasteiger charge is -2.49. The Kier molecular flexibility index (Phi) is 20.0. The first-order chi connectivity index (χ1) is 34.1. The zero-order valence-corrected chi connectivity index (χ0v) is 46.5. The number of cyclic esters (lactones) is 2. The first kappa shape index (κ1) is 59.7. The van der Waals surface area contributed by atoms with E-state index in [9.17, 15) is 35.1 Å². The number of halogens is 2. The molecule has 5 heterocycles. The van der Waals surface area contributed by atoms with Crippen LogP contribution in [0.4, 0.5) is 10.5 Å². The molecule has 20 nitrogen and oxygen atoms in total. The summed E-state index contributed by atoms with van der Waals surface area (Å²) < 4.78 is 44.0. The summed E-state index contributed by atoms with van der Waals surface area (Å²) in [4.78, 5) is 32.8. The molecule has 0 aromatic heterocycles. The van der Waals surface area contributed by atoms with Crippen LogP contribution in [0.15, 0.2) is 28.5 Å². The van der Waals surface area contributed by atoms with E-state index in [1.165, 1.54) is 18.9 Å². The van der Waals surface area contributed by atoms with Crippen molar-refractivity contribution in [1.29, 1.82) is 0 Å². The van der Waals surface area contributed by atoms with Gasteiger partial charge < -0.3 is 68.5 Å². The van der Waals surface area contributed by atoms with Crippen molar-refractivity contribution in [2.75, 3.05) is 58.8 Å². The molecule has 0 spiro atoms. The van der Waals surface area contributed by atoms with Gasteiger partial charge in [-0.05, 0) is 112 Å². The second kappa shape index (κ2) is 24.4.